The number of ether oxygens (including phenoxy) is 1. The second kappa shape index (κ2) is 7.28. The number of nitrogens with one attached hydrogen (secondary N) is 1. The third kappa shape index (κ3) is 4.12. The van der Waals surface area contributed by atoms with E-state index >= 15 is 0 Å². The van der Waals surface area contributed by atoms with Crippen LogP contribution in [0.25, 0.3) is 0 Å². The van der Waals surface area contributed by atoms with Crippen molar-refractivity contribution in [1.29, 1.82) is 0 Å². The molecule has 0 radical (unpaired) electrons. The molecule has 1 heterocycles. The van der Waals surface area contributed by atoms with Crippen LogP contribution in [0.3, 0.4) is 0 Å². The van der Waals surface area contributed by atoms with Gasteiger partial charge in [0.15, 0.2) is 0 Å². The number of carbonyl (C=O) groups is 1. The van der Waals surface area contributed by atoms with E-state index in [-0.39, 0.29) is 18.0 Å². The largest absolute Gasteiger partial charge is 0.443 e. The molecule has 0 spiro atoms. The molecule has 144 valence electrons. The zero-order chi connectivity index (χ0) is 19.8. The van der Waals surface area contributed by atoms with E-state index in [4.69, 9.17) is 4.74 Å². The first-order valence-corrected chi connectivity index (χ1v) is 9.97. The van der Waals surface area contributed by atoms with Crippen molar-refractivity contribution in [3.63, 3.8) is 0 Å². The van der Waals surface area contributed by atoms with Crippen molar-refractivity contribution in [1.82, 2.24) is 4.72 Å². The van der Waals surface area contributed by atoms with Crippen molar-refractivity contribution < 1.29 is 22.3 Å². The Hall–Kier alpha value is -2.45. The molecule has 1 saturated heterocycles. The molecule has 27 heavy (non-hydrogen) atoms. The highest BCUT2D eigenvalue weighted by molar-refractivity contribution is 7.89. The summed E-state index contributed by atoms with van der Waals surface area (Å²) in [6.07, 6.45) is -1.23. The SMILES string of the molecule is Cc1cc(C)c(S(=O)(=O)NC[C@H]2CN(c3ccc(F)cc3)C(=O)O2)c(C)c1. The number of hydrogen-bond donors (Lipinski definition) is 1. The van der Waals surface area contributed by atoms with E-state index in [9.17, 15) is 17.6 Å². The van der Waals surface area contributed by atoms with Crippen LogP contribution in [0, 0.1) is 26.6 Å². The average molecular weight is 392 g/mol. The average Bonchev–Trinajstić information content (AvgIpc) is 2.93. The predicted molar refractivity (Wildman–Crippen MR) is 99.9 cm³/mol. The Morgan fingerprint density at radius 2 is 1.74 bits per heavy atom. The van der Waals surface area contributed by atoms with Crippen LogP contribution < -0.4 is 9.62 Å². The van der Waals surface area contributed by atoms with Gasteiger partial charge in [0.1, 0.15) is 11.9 Å². The smallest absolute Gasteiger partial charge is 0.414 e. The van der Waals surface area contributed by atoms with Crippen LogP contribution in [-0.2, 0) is 14.8 Å². The molecule has 0 saturated carbocycles. The Morgan fingerprint density at radius 1 is 1.15 bits per heavy atom. The van der Waals surface area contributed by atoms with E-state index < -0.39 is 28.0 Å². The maximum atomic E-state index is 13.0. The van der Waals surface area contributed by atoms with Gasteiger partial charge in [0.2, 0.25) is 10.0 Å². The molecule has 0 aliphatic carbocycles. The highest BCUT2D eigenvalue weighted by Crippen LogP contribution is 2.24. The maximum absolute atomic E-state index is 13.0. The summed E-state index contributed by atoms with van der Waals surface area (Å²) in [5, 5.41) is 0. The van der Waals surface area contributed by atoms with E-state index in [1.54, 1.807) is 13.8 Å². The third-order valence-electron chi connectivity index (χ3n) is 4.39. The number of rotatable bonds is 5. The van der Waals surface area contributed by atoms with Crippen LogP contribution in [0.5, 0.6) is 0 Å². The molecule has 1 aliphatic heterocycles. The molecular formula is C19H21FN2O4S. The lowest BCUT2D eigenvalue weighted by Crippen LogP contribution is -2.35. The first-order chi connectivity index (χ1) is 12.7. The minimum Gasteiger partial charge on any atom is -0.443 e. The number of anilines is 1. The quantitative estimate of drug-likeness (QED) is 0.849. The normalized spacial score (nSPS) is 17.3. The molecule has 1 atom stereocenters. The minimum atomic E-state index is -3.74. The third-order valence-corrected chi connectivity index (χ3v) is 6.11. The van der Waals surface area contributed by atoms with Crippen molar-refractivity contribution >= 4 is 21.8 Å². The molecule has 0 bridgehead atoms. The molecule has 1 N–H and O–H groups in total. The number of aryl methyl sites for hydroxylation is 3. The fourth-order valence-electron chi connectivity index (χ4n) is 3.33. The van der Waals surface area contributed by atoms with Crippen molar-refractivity contribution in [3.8, 4) is 0 Å². The van der Waals surface area contributed by atoms with Crippen molar-refractivity contribution in [3.05, 3.63) is 58.9 Å². The van der Waals surface area contributed by atoms with Gasteiger partial charge in [-0.3, -0.25) is 4.90 Å². The molecule has 2 aromatic rings. The van der Waals surface area contributed by atoms with E-state index in [1.165, 1.54) is 29.2 Å². The zero-order valence-corrected chi connectivity index (χ0v) is 16.1. The van der Waals surface area contributed by atoms with Gasteiger partial charge in [-0.2, -0.15) is 0 Å². The van der Waals surface area contributed by atoms with Crippen LogP contribution in [0.4, 0.5) is 14.9 Å². The highest BCUT2D eigenvalue weighted by Gasteiger charge is 2.33. The van der Waals surface area contributed by atoms with Gasteiger partial charge >= 0.3 is 6.09 Å². The Labute approximate surface area is 158 Å². The van der Waals surface area contributed by atoms with Gasteiger partial charge < -0.3 is 4.74 Å². The fourth-order valence-corrected chi connectivity index (χ4v) is 4.84. The molecule has 6 nitrogen and oxygen atoms in total. The fraction of sp³-hybridized carbons (Fsp3) is 0.316. The van der Waals surface area contributed by atoms with Gasteiger partial charge in [0.25, 0.3) is 0 Å². The zero-order valence-electron chi connectivity index (χ0n) is 15.3. The topological polar surface area (TPSA) is 75.7 Å². The summed E-state index contributed by atoms with van der Waals surface area (Å²) < 4.78 is 46.2. The summed E-state index contributed by atoms with van der Waals surface area (Å²) >= 11 is 0. The Bertz CT molecular complexity index is 951. The van der Waals surface area contributed by atoms with E-state index in [0.29, 0.717) is 16.8 Å². The first-order valence-electron chi connectivity index (χ1n) is 8.48. The summed E-state index contributed by atoms with van der Waals surface area (Å²) in [6.45, 7) is 5.55. The van der Waals surface area contributed by atoms with Gasteiger partial charge in [-0.15, -0.1) is 0 Å². The number of sulfonamides is 1. The van der Waals surface area contributed by atoms with Crippen molar-refractivity contribution in [2.75, 3.05) is 18.0 Å². The molecule has 3 rings (SSSR count). The lowest BCUT2D eigenvalue weighted by molar-refractivity contribution is 0.143. The molecule has 0 unspecified atom stereocenters. The van der Waals surface area contributed by atoms with Gasteiger partial charge in [-0.05, 0) is 56.2 Å². The summed E-state index contributed by atoms with van der Waals surface area (Å²) in [4.78, 5) is 13.6. The molecule has 1 fully saturated rings. The van der Waals surface area contributed by atoms with Gasteiger partial charge in [-0.1, -0.05) is 17.7 Å². The molecular weight excluding hydrogens is 371 g/mol. The number of amides is 1. The number of cyclic esters (lactones) is 1. The Kier molecular flexibility index (Phi) is 5.21. The second-order valence-corrected chi connectivity index (χ2v) is 8.38. The molecule has 2 aromatic carbocycles. The Morgan fingerprint density at radius 3 is 2.33 bits per heavy atom. The van der Waals surface area contributed by atoms with Crippen molar-refractivity contribution in [2.45, 2.75) is 31.8 Å². The molecule has 8 heteroatoms. The van der Waals surface area contributed by atoms with Gasteiger partial charge in [0, 0.05) is 12.2 Å². The number of halogens is 1. The highest BCUT2D eigenvalue weighted by atomic mass is 32.2. The number of carbonyl (C=O) groups excluding carboxylic acids is 1. The van der Waals surface area contributed by atoms with E-state index in [0.717, 1.165) is 5.56 Å². The molecule has 0 aromatic heterocycles. The summed E-state index contributed by atoms with van der Waals surface area (Å²) in [7, 11) is -3.74. The van der Waals surface area contributed by atoms with Crippen LogP contribution in [0.15, 0.2) is 41.3 Å². The monoisotopic (exact) mass is 392 g/mol. The Balaban J connectivity index is 1.70. The number of benzene rings is 2. The van der Waals surface area contributed by atoms with Crippen LogP contribution in [0.1, 0.15) is 16.7 Å². The summed E-state index contributed by atoms with van der Waals surface area (Å²) in [5.41, 5.74) is 2.81. The number of nitrogens with zero attached hydrogens (tertiary/aromatic N) is 1. The molecule has 1 aliphatic rings. The summed E-state index contributed by atoms with van der Waals surface area (Å²) in [6, 6.07) is 9.08. The molecule has 1 amide bonds. The predicted octanol–water partition coefficient (Wildman–Crippen LogP) is 3.05. The summed E-state index contributed by atoms with van der Waals surface area (Å²) in [5.74, 6) is -0.403. The van der Waals surface area contributed by atoms with Crippen LogP contribution in [-0.4, -0.2) is 33.7 Å². The van der Waals surface area contributed by atoms with Crippen LogP contribution in [0.2, 0.25) is 0 Å². The number of hydrogen-bond acceptors (Lipinski definition) is 4. The van der Waals surface area contributed by atoms with Gasteiger partial charge in [-0.25, -0.2) is 22.3 Å². The van der Waals surface area contributed by atoms with E-state index in [2.05, 4.69) is 4.72 Å². The van der Waals surface area contributed by atoms with Gasteiger partial charge in [0.05, 0.1) is 11.4 Å². The second-order valence-electron chi connectivity index (χ2n) is 6.67. The lowest BCUT2D eigenvalue weighted by Gasteiger charge is -2.15. The van der Waals surface area contributed by atoms with Crippen LogP contribution >= 0.6 is 0 Å². The first kappa shape index (κ1) is 19.3. The van der Waals surface area contributed by atoms with E-state index in [1.807, 2.05) is 19.1 Å². The minimum absolute atomic E-state index is 0.0431. The maximum Gasteiger partial charge on any atom is 0.414 e. The lowest BCUT2D eigenvalue weighted by atomic mass is 10.1. The van der Waals surface area contributed by atoms with Crippen molar-refractivity contribution in [2.24, 2.45) is 0 Å². The standard InChI is InChI=1S/C19H21FN2O4S/c1-12-8-13(2)18(14(3)9-12)27(24,25)21-10-17-11-22(19(23)26-17)16-6-4-15(20)5-7-16/h4-9,17,21H,10-11H2,1-3H3/t17-/m0/s1.